The van der Waals surface area contributed by atoms with Crippen molar-refractivity contribution in [2.75, 3.05) is 5.32 Å². The predicted octanol–water partition coefficient (Wildman–Crippen LogP) is 3.56. The molecule has 0 unspecified atom stereocenters. The van der Waals surface area contributed by atoms with Crippen molar-refractivity contribution >= 4 is 23.1 Å². The van der Waals surface area contributed by atoms with Gasteiger partial charge in [0, 0.05) is 16.8 Å². The summed E-state index contributed by atoms with van der Waals surface area (Å²) in [6, 6.07) is 18.2. The normalized spacial score (nSPS) is 10.4. The van der Waals surface area contributed by atoms with Crippen LogP contribution in [0.1, 0.15) is 0 Å². The molecule has 3 rings (SSSR count). The van der Waals surface area contributed by atoms with Gasteiger partial charge in [-0.05, 0) is 36.4 Å². The number of H-pyrrole nitrogens is 1. The van der Waals surface area contributed by atoms with Crippen LogP contribution in [0.5, 0.6) is 0 Å². The molecule has 100 valence electrons. The van der Waals surface area contributed by atoms with Crippen molar-refractivity contribution in [3.05, 3.63) is 76.0 Å². The van der Waals surface area contributed by atoms with Crippen LogP contribution in [0.15, 0.2) is 65.5 Å². The Labute approximate surface area is 120 Å². The number of nitrogens with one attached hydrogen (secondary N) is 2. The summed E-state index contributed by atoms with van der Waals surface area (Å²) in [5, 5.41) is 6.79. The zero-order valence-corrected chi connectivity index (χ0v) is 11.3. The fourth-order valence-corrected chi connectivity index (χ4v) is 2.04. The van der Waals surface area contributed by atoms with Crippen LogP contribution in [0, 0.1) is 0 Å². The standard InChI is InChI=1S/C15H12ClN3O/c16-11-6-8-13(9-7-11)19-15(20)10-14(18-19)17-12-4-2-1-3-5-12/h1-10,17-18H. The fourth-order valence-electron chi connectivity index (χ4n) is 1.92. The van der Waals surface area contributed by atoms with E-state index in [0.717, 1.165) is 11.4 Å². The van der Waals surface area contributed by atoms with E-state index in [4.69, 9.17) is 11.6 Å². The molecule has 1 aromatic heterocycles. The zero-order chi connectivity index (χ0) is 13.9. The maximum absolute atomic E-state index is 12.0. The average Bonchev–Trinajstić information content (AvgIpc) is 2.81. The molecule has 5 heteroatoms. The van der Waals surface area contributed by atoms with E-state index in [9.17, 15) is 4.79 Å². The molecule has 3 aromatic rings. The highest BCUT2D eigenvalue weighted by molar-refractivity contribution is 6.30. The van der Waals surface area contributed by atoms with Crippen LogP contribution in [0.2, 0.25) is 5.02 Å². The summed E-state index contributed by atoms with van der Waals surface area (Å²) in [4.78, 5) is 12.0. The Morgan fingerprint density at radius 2 is 1.70 bits per heavy atom. The van der Waals surface area contributed by atoms with Gasteiger partial charge < -0.3 is 5.32 Å². The molecule has 2 N–H and O–H groups in total. The molecule has 0 aliphatic heterocycles. The molecule has 1 heterocycles. The highest BCUT2D eigenvalue weighted by atomic mass is 35.5. The van der Waals surface area contributed by atoms with Gasteiger partial charge in [-0.25, -0.2) is 4.68 Å². The molecule has 0 aliphatic carbocycles. The lowest BCUT2D eigenvalue weighted by Crippen LogP contribution is -2.13. The van der Waals surface area contributed by atoms with Crippen molar-refractivity contribution in [3.8, 4) is 5.69 Å². The minimum Gasteiger partial charge on any atom is -0.341 e. The number of nitrogens with zero attached hydrogens (tertiary/aromatic N) is 1. The minimum atomic E-state index is -0.134. The van der Waals surface area contributed by atoms with Gasteiger partial charge in [0.05, 0.1) is 5.69 Å². The van der Waals surface area contributed by atoms with E-state index in [-0.39, 0.29) is 5.56 Å². The van der Waals surface area contributed by atoms with Gasteiger partial charge in [-0.1, -0.05) is 29.8 Å². The number of para-hydroxylation sites is 1. The number of halogens is 1. The van der Waals surface area contributed by atoms with Crippen LogP contribution in [0.25, 0.3) is 5.69 Å². The summed E-state index contributed by atoms with van der Waals surface area (Å²) in [6.07, 6.45) is 0. The van der Waals surface area contributed by atoms with E-state index >= 15 is 0 Å². The number of anilines is 2. The first kappa shape index (κ1) is 12.6. The molecule has 0 spiro atoms. The molecule has 0 saturated heterocycles. The van der Waals surface area contributed by atoms with E-state index in [1.165, 1.54) is 10.7 Å². The fraction of sp³-hybridized carbons (Fsp3) is 0. The number of hydrogen-bond acceptors (Lipinski definition) is 2. The van der Waals surface area contributed by atoms with Gasteiger partial charge in [0.15, 0.2) is 0 Å². The topological polar surface area (TPSA) is 49.8 Å². The number of rotatable bonds is 3. The van der Waals surface area contributed by atoms with Crippen molar-refractivity contribution in [1.29, 1.82) is 0 Å². The van der Waals surface area contributed by atoms with Gasteiger partial charge in [0.1, 0.15) is 5.82 Å². The maximum Gasteiger partial charge on any atom is 0.273 e. The summed E-state index contributed by atoms with van der Waals surface area (Å²) in [5.74, 6) is 0.635. The van der Waals surface area contributed by atoms with Gasteiger partial charge in [-0.3, -0.25) is 9.89 Å². The van der Waals surface area contributed by atoms with E-state index in [1.54, 1.807) is 24.3 Å². The first-order chi connectivity index (χ1) is 9.72. The highest BCUT2D eigenvalue weighted by Crippen LogP contribution is 2.15. The third-order valence-corrected chi connectivity index (χ3v) is 3.11. The SMILES string of the molecule is O=c1cc(Nc2ccccc2)[nH]n1-c1ccc(Cl)cc1. The summed E-state index contributed by atoms with van der Waals surface area (Å²) in [7, 11) is 0. The van der Waals surface area contributed by atoms with Crippen LogP contribution < -0.4 is 10.9 Å². The van der Waals surface area contributed by atoms with Crippen molar-refractivity contribution in [1.82, 2.24) is 9.78 Å². The lowest BCUT2D eigenvalue weighted by Gasteiger charge is -2.04. The van der Waals surface area contributed by atoms with E-state index in [1.807, 2.05) is 30.3 Å². The Balaban J connectivity index is 1.91. The largest absolute Gasteiger partial charge is 0.341 e. The quantitative estimate of drug-likeness (QED) is 0.773. The third kappa shape index (κ3) is 2.60. The van der Waals surface area contributed by atoms with E-state index in [0.29, 0.717) is 10.8 Å². The molecule has 0 bridgehead atoms. The molecule has 0 saturated carbocycles. The van der Waals surface area contributed by atoms with Crippen LogP contribution in [0.4, 0.5) is 11.5 Å². The Morgan fingerprint density at radius 3 is 2.40 bits per heavy atom. The molecule has 0 amide bonds. The predicted molar refractivity (Wildman–Crippen MR) is 81.1 cm³/mol. The second-order valence-corrected chi connectivity index (χ2v) is 4.75. The van der Waals surface area contributed by atoms with Crippen LogP contribution in [0.3, 0.4) is 0 Å². The van der Waals surface area contributed by atoms with E-state index < -0.39 is 0 Å². The van der Waals surface area contributed by atoms with Crippen molar-refractivity contribution in [3.63, 3.8) is 0 Å². The highest BCUT2D eigenvalue weighted by Gasteiger charge is 2.05. The summed E-state index contributed by atoms with van der Waals surface area (Å²) >= 11 is 5.84. The molecule has 0 fully saturated rings. The Morgan fingerprint density at radius 1 is 1.00 bits per heavy atom. The Bertz CT molecular complexity index is 760. The molecule has 2 aromatic carbocycles. The summed E-state index contributed by atoms with van der Waals surface area (Å²) in [6.45, 7) is 0. The van der Waals surface area contributed by atoms with Crippen molar-refractivity contribution in [2.24, 2.45) is 0 Å². The van der Waals surface area contributed by atoms with Gasteiger partial charge in [0.25, 0.3) is 5.56 Å². The number of benzene rings is 2. The molecule has 0 atom stereocenters. The summed E-state index contributed by atoms with van der Waals surface area (Å²) < 4.78 is 1.46. The summed E-state index contributed by atoms with van der Waals surface area (Å²) in [5.41, 5.74) is 1.52. The van der Waals surface area contributed by atoms with Gasteiger partial charge in [0.2, 0.25) is 0 Å². The Kier molecular flexibility index (Phi) is 3.31. The number of aromatic nitrogens is 2. The van der Waals surface area contributed by atoms with E-state index in [2.05, 4.69) is 10.4 Å². The lowest BCUT2D eigenvalue weighted by molar-refractivity contribution is 0.853. The first-order valence-electron chi connectivity index (χ1n) is 6.12. The molecule has 20 heavy (non-hydrogen) atoms. The molecular weight excluding hydrogens is 274 g/mol. The van der Waals surface area contributed by atoms with Crippen LogP contribution in [-0.2, 0) is 0 Å². The van der Waals surface area contributed by atoms with Gasteiger partial charge >= 0.3 is 0 Å². The molecule has 4 nitrogen and oxygen atoms in total. The lowest BCUT2D eigenvalue weighted by atomic mass is 10.3. The van der Waals surface area contributed by atoms with Gasteiger partial charge in [-0.2, -0.15) is 0 Å². The third-order valence-electron chi connectivity index (χ3n) is 2.86. The molecular formula is C15H12ClN3O. The van der Waals surface area contributed by atoms with Crippen LogP contribution in [-0.4, -0.2) is 9.78 Å². The Hall–Kier alpha value is -2.46. The smallest absolute Gasteiger partial charge is 0.273 e. The van der Waals surface area contributed by atoms with Crippen molar-refractivity contribution < 1.29 is 0 Å². The average molecular weight is 286 g/mol. The van der Waals surface area contributed by atoms with Crippen LogP contribution >= 0.6 is 11.6 Å². The zero-order valence-electron chi connectivity index (χ0n) is 10.5. The maximum atomic E-state index is 12.0. The second kappa shape index (κ2) is 5.27. The molecule has 0 aliphatic rings. The monoisotopic (exact) mass is 285 g/mol. The minimum absolute atomic E-state index is 0.134. The van der Waals surface area contributed by atoms with Gasteiger partial charge in [-0.15, -0.1) is 0 Å². The number of hydrogen-bond donors (Lipinski definition) is 2. The van der Waals surface area contributed by atoms with Crippen molar-refractivity contribution in [2.45, 2.75) is 0 Å². The second-order valence-electron chi connectivity index (χ2n) is 4.31. The number of aromatic amines is 1. The molecule has 0 radical (unpaired) electrons. The first-order valence-corrected chi connectivity index (χ1v) is 6.50.